The largest absolute Gasteiger partial charge is 0.478 e. The lowest BCUT2D eigenvalue weighted by atomic mass is 10.1. The number of para-hydroxylation sites is 1. The zero-order valence-corrected chi connectivity index (χ0v) is 13.2. The van der Waals surface area contributed by atoms with Crippen molar-refractivity contribution < 1.29 is 14.7 Å². The molecular formula is C14H9Br2NO3. The maximum absolute atomic E-state index is 12.1. The summed E-state index contributed by atoms with van der Waals surface area (Å²) in [6, 6.07) is 11.2. The summed E-state index contributed by atoms with van der Waals surface area (Å²) in [7, 11) is 0. The van der Waals surface area contributed by atoms with E-state index in [0.29, 0.717) is 11.3 Å². The molecule has 0 aliphatic rings. The fraction of sp³-hybridized carbons (Fsp3) is 0. The molecule has 0 spiro atoms. The van der Waals surface area contributed by atoms with E-state index in [4.69, 9.17) is 5.11 Å². The molecule has 2 rings (SSSR count). The summed E-state index contributed by atoms with van der Waals surface area (Å²) < 4.78 is 1.50. The molecule has 2 aromatic carbocycles. The van der Waals surface area contributed by atoms with Crippen molar-refractivity contribution in [2.24, 2.45) is 0 Å². The molecule has 0 aliphatic carbocycles. The first-order valence-corrected chi connectivity index (χ1v) is 7.16. The monoisotopic (exact) mass is 397 g/mol. The average Bonchev–Trinajstić information content (AvgIpc) is 2.43. The minimum Gasteiger partial charge on any atom is -0.478 e. The third-order valence-electron chi connectivity index (χ3n) is 2.60. The van der Waals surface area contributed by atoms with Gasteiger partial charge in [0.15, 0.2) is 0 Å². The quantitative estimate of drug-likeness (QED) is 0.815. The van der Waals surface area contributed by atoms with Gasteiger partial charge in [0, 0.05) is 14.5 Å². The fourth-order valence-corrected chi connectivity index (χ4v) is 2.76. The van der Waals surface area contributed by atoms with E-state index in [-0.39, 0.29) is 11.5 Å². The van der Waals surface area contributed by atoms with Gasteiger partial charge < -0.3 is 10.4 Å². The van der Waals surface area contributed by atoms with Crippen LogP contribution < -0.4 is 5.32 Å². The number of benzene rings is 2. The number of amides is 1. The molecule has 20 heavy (non-hydrogen) atoms. The van der Waals surface area contributed by atoms with Crippen molar-refractivity contribution in [2.75, 3.05) is 5.32 Å². The summed E-state index contributed by atoms with van der Waals surface area (Å²) in [4.78, 5) is 22.8. The van der Waals surface area contributed by atoms with Gasteiger partial charge >= 0.3 is 5.97 Å². The maximum atomic E-state index is 12.1. The van der Waals surface area contributed by atoms with Crippen molar-refractivity contribution in [3.8, 4) is 0 Å². The zero-order chi connectivity index (χ0) is 14.7. The number of hydrogen-bond acceptors (Lipinski definition) is 2. The topological polar surface area (TPSA) is 66.4 Å². The molecule has 0 saturated carbocycles. The van der Waals surface area contributed by atoms with E-state index >= 15 is 0 Å². The predicted molar refractivity (Wildman–Crippen MR) is 83.2 cm³/mol. The summed E-state index contributed by atoms with van der Waals surface area (Å²) in [5, 5.41) is 11.6. The summed E-state index contributed by atoms with van der Waals surface area (Å²) in [6.45, 7) is 0. The van der Waals surface area contributed by atoms with E-state index in [1.165, 1.54) is 24.3 Å². The SMILES string of the molecule is O=C(O)c1ccc(C(=O)Nc2c(Br)cccc2Br)cc1. The number of carbonyl (C=O) groups excluding carboxylic acids is 1. The third kappa shape index (κ3) is 3.26. The highest BCUT2D eigenvalue weighted by molar-refractivity contribution is 9.11. The van der Waals surface area contributed by atoms with Crippen molar-refractivity contribution in [2.45, 2.75) is 0 Å². The molecule has 0 unspecified atom stereocenters. The van der Waals surface area contributed by atoms with Gasteiger partial charge in [-0.3, -0.25) is 4.79 Å². The number of halogens is 2. The highest BCUT2D eigenvalue weighted by atomic mass is 79.9. The highest BCUT2D eigenvalue weighted by Gasteiger charge is 2.11. The standard InChI is InChI=1S/C14H9Br2NO3/c15-10-2-1-3-11(16)12(10)17-13(18)8-4-6-9(7-5-8)14(19)20/h1-7H,(H,17,18)(H,19,20). The Balaban J connectivity index is 2.22. The zero-order valence-electron chi connectivity index (χ0n) is 10.1. The van der Waals surface area contributed by atoms with E-state index in [1.807, 2.05) is 18.2 Å². The van der Waals surface area contributed by atoms with Crippen LogP contribution in [0.5, 0.6) is 0 Å². The van der Waals surface area contributed by atoms with E-state index < -0.39 is 5.97 Å². The second kappa shape index (κ2) is 6.19. The van der Waals surface area contributed by atoms with Crippen LogP contribution in [0.4, 0.5) is 5.69 Å². The van der Waals surface area contributed by atoms with Crippen LogP contribution in [0.3, 0.4) is 0 Å². The Bertz CT molecular complexity index is 648. The fourth-order valence-electron chi connectivity index (χ4n) is 1.57. The number of carboxylic acid groups (broad SMARTS) is 1. The normalized spacial score (nSPS) is 10.1. The Labute approximate surface area is 132 Å². The second-order valence-corrected chi connectivity index (χ2v) is 5.64. The predicted octanol–water partition coefficient (Wildman–Crippen LogP) is 4.16. The summed E-state index contributed by atoms with van der Waals surface area (Å²) >= 11 is 6.71. The van der Waals surface area contributed by atoms with Crippen LogP contribution in [0.15, 0.2) is 51.4 Å². The van der Waals surface area contributed by atoms with Gasteiger partial charge in [0.25, 0.3) is 5.91 Å². The van der Waals surface area contributed by atoms with Gasteiger partial charge in [0.2, 0.25) is 0 Å². The lowest BCUT2D eigenvalue weighted by Crippen LogP contribution is -2.13. The van der Waals surface area contributed by atoms with E-state index in [9.17, 15) is 9.59 Å². The molecule has 6 heteroatoms. The van der Waals surface area contributed by atoms with Gasteiger partial charge in [-0.05, 0) is 68.3 Å². The minimum absolute atomic E-state index is 0.142. The van der Waals surface area contributed by atoms with Gasteiger partial charge in [-0.1, -0.05) is 6.07 Å². The Kier molecular flexibility index (Phi) is 4.57. The molecule has 0 aromatic heterocycles. The number of hydrogen-bond donors (Lipinski definition) is 2. The molecule has 0 saturated heterocycles. The second-order valence-electron chi connectivity index (χ2n) is 3.93. The van der Waals surface area contributed by atoms with Crippen LogP contribution >= 0.6 is 31.9 Å². The number of nitrogens with one attached hydrogen (secondary N) is 1. The number of carbonyl (C=O) groups is 2. The molecule has 0 aliphatic heterocycles. The Hall–Kier alpha value is -1.66. The first-order valence-electron chi connectivity index (χ1n) is 5.58. The van der Waals surface area contributed by atoms with Gasteiger partial charge in [0.05, 0.1) is 11.3 Å². The van der Waals surface area contributed by atoms with E-state index in [1.54, 1.807) is 0 Å². The molecule has 0 radical (unpaired) electrons. The van der Waals surface area contributed by atoms with Crippen molar-refractivity contribution in [1.82, 2.24) is 0 Å². The minimum atomic E-state index is -1.02. The van der Waals surface area contributed by atoms with Gasteiger partial charge in [-0.2, -0.15) is 0 Å². The van der Waals surface area contributed by atoms with Gasteiger partial charge in [-0.25, -0.2) is 4.79 Å². The molecule has 0 bridgehead atoms. The highest BCUT2D eigenvalue weighted by Crippen LogP contribution is 2.30. The molecule has 102 valence electrons. The van der Waals surface area contributed by atoms with Crippen molar-refractivity contribution in [3.05, 3.63) is 62.5 Å². The molecule has 0 fully saturated rings. The first-order chi connectivity index (χ1) is 9.49. The number of aromatic carboxylic acids is 1. The smallest absolute Gasteiger partial charge is 0.335 e. The molecule has 2 N–H and O–H groups in total. The first kappa shape index (κ1) is 14.7. The van der Waals surface area contributed by atoms with E-state index in [0.717, 1.165) is 8.95 Å². The molecule has 1 amide bonds. The van der Waals surface area contributed by atoms with Crippen LogP contribution in [0.1, 0.15) is 20.7 Å². The summed E-state index contributed by atoms with van der Waals surface area (Å²) in [5.41, 5.74) is 1.15. The summed E-state index contributed by atoms with van der Waals surface area (Å²) in [6.07, 6.45) is 0. The van der Waals surface area contributed by atoms with Crippen molar-refractivity contribution >= 4 is 49.4 Å². The molecule has 4 nitrogen and oxygen atoms in total. The lowest BCUT2D eigenvalue weighted by molar-refractivity contribution is 0.0696. The Morgan fingerprint density at radius 2 is 1.40 bits per heavy atom. The third-order valence-corrected chi connectivity index (χ3v) is 3.92. The Morgan fingerprint density at radius 3 is 1.90 bits per heavy atom. The van der Waals surface area contributed by atoms with Crippen LogP contribution in [-0.4, -0.2) is 17.0 Å². The molecule has 0 atom stereocenters. The maximum Gasteiger partial charge on any atom is 0.335 e. The van der Waals surface area contributed by atoms with Crippen LogP contribution in [0.25, 0.3) is 0 Å². The number of carboxylic acids is 1. The Morgan fingerprint density at radius 1 is 0.900 bits per heavy atom. The van der Waals surface area contributed by atoms with E-state index in [2.05, 4.69) is 37.2 Å². The van der Waals surface area contributed by atoms with Crippen molar-refractivity contribution in [3.63, 3.8) is 0 Å². The van der Waals surface area contributed by atoms with Gasteiger partial charge in [0.1, 0.15) is 0 Å². The lowest BCUT2D eigenvalue weighted by Gasteiger charge is -2.09. The number of anilines is 1. The molecule has 0 heterocycles. The van der Waals surface area contributed by atoms with Crippen LogP contribution in [-0.2, 0) is 0 Å². The van der Waals surface area contributed by atoms with Crippen molar-refractivity contribution in [1.29, 1.82) is 0 Å². The van der Waals surface area contributed by atoms with Crippen LogP contribution in [0, 0.1) is 0 Å². The summed E-state index contributed by atoms with van der Waals surface area (Å²) in [5.74, 6) is -1.33. The molecule has 2 aromatic rings. The van der Waals surface area contributed by atoms with Crippen LogP contribution in [0.2, 0.25) is 0 Å². The van der Waals surface area contributed by atoms with Gasteiger partial charge in [-0.15, -0.1) is 0 Å². The average molecular weight is 399 g/mol. The number of rotatable bonds is 3. The molecular weight excluding hydrogens is 390 g/mol.